The van der Waals surface area contributed by atoms with Crippen LogP contribution in [-0.2, 0) is 12.8 Å². The first-order valence-corrected chi connectivity index (χ1v) is 9.42. The van der Waals surface area contributed by atoms with Crippen molar-refractivity contribution in [3.8, 4) is 0 Å². The minimum absolute atomic E-state index is 0.151. The molecule has 0 fully saturated rings. The fourth-order valence-corrected chi connectivity index (χ4v) is 3.74. The minimum Gasteiger partial charge on any atom is -0.621 e. The number of benzene rings is 1. The molecule has 25 heavy (non-hydrogen) atoms. The van der Waals surface area contributed by atoms with E-state index in [0.29, 0.717) is 17.9 Å². The molecule has 7 nitrogen and oxygen atoms in total. The van der Waals surface area contributed by atoms with E-state index in [-0.39, 0.29) is 16.2 Å². The lowest BCUT2D eigenvalue weighted by molar-refractivity contribution is -0.851. The summed E-state index contributed by atoms with van der Waals surface area (Å²) in [6.07, 6.45) is 5.29. The molecule has 138 valence electrons. The van der Waals surface area contributed by atoms with E-state index in [2.05, 4.69) is 29.2 Å². The van der Waals surface area contributed by atoms with Gasteiger partial charge in [-0.05, 0) is 56.3 Å². The molecule has 0 aromatic heterocycles. The fourth-order valence-electron chi connectivity index (χ4n) is 3.74. The summed E-state index contributed by atoms with van der Waals surface area (Å²) in [7, 11) is 0. The van der Waals surface area contributed by atoms with Gasteiger partial charge in [0.15, 0.2) is 0 Å². The van der Waals surface area contributed by atoms with E-state index in [1.807, 2.05) is 12.1 Å². The lowest BCUT2D eigenvalue weighted by Gasteiger charge is -2.35. The molecule has 1 aromatic rings. The van der Waals surface area contributed by atoms with Crippen LogP contribution >= 0.6 is 0 Å². The van der Waals surface area contributed by atoms with Crippen LogP contribution in [-0.4, -0.2) is 37.0 Å². The molecule has 3 rings (SSSR count). The molecule has 1 aromatic carbocycles. The molecule has 0 spiro atoms. The number of guanidine groups is 1. The monoisotopic (exact) mass is 347 g/mol. The largest absolute Gasteiger partial charge is 0.621 e. The second-order valence-electron chi connectivity index (χ2n) is 6.88. The van der Waals surface area contributed by atoms with Crippen molar-refractivity contribution in [1.82, 2.24) is 10.3 Å². The highest BCUT2D eigenvalue weighted by molar-refractivity contribution is 5.76. The smallest absolute Gasteiger partial charge is 0.347 e. The first kappa shape index (κ1) is 18.3. The summed E-state index contributed by atoms with van der Waals surface area (Å²) in [6.45, 7) is 7.73. The van der Waals surface area contributed by atoms with Gasteiger partial charge in [-0.2, -0.15) is 5.43 Å². The number of fused-ring (bicyclic) bond motifs is 2. The van der Waals surface area contributed by atoms with E-state index in [0.717, 1.165) is 51.7 Å². The van der Waals surface area contributed by atoms with Crippen LogP contribution in [0, 0.1) is 10.4 Å². The zero-order valence-electron chi connectivity index (χ0n) is 15.2. The highest BCUT2D eigenvalue weighted by Crippen LogP contribution is 2.28. The lowest BCUT2D eigenvalue weighted by atomic mass is 10.1. The van der Waals surface area contributed by atoms with Gasteiger partial charge in [-0.3, -0.25) is 5.06 Å². The Labute approximate surface area is 149 Å². The highest BCUT2D eigenvalue weighted by Gasteiger charge is 2.31. The number of hydrogen-bond acceptors (Lipinski definition) is 4. The van der Waals surface area contributed by atoms with E-state index in [1.54, 1.807) is 0 Å². The molecule has 0 saturated carbocycles. The SMILES string of the molecule is CCCN(CCC)CCN=C1N[NH+]([O-])c2cc3c(cc2[NH+]1[O-])CCC3. The topological polar surface area (TPSA) is 82.6 Å². The summed E-state index contributed by atoms with van der Waals surface area (Å²) in [5, 5.41) is 24.8. The molecule has 0 saturated heterocycles. The number of aliphatic imine (C=N–C) groups is 1. The van der Waals surface area contributed by atoms with Gasteiger partial charge in [-0.1, -0.05) is 13.8 Å². The van der Waals surface area contributed by atoms with Crippen LogP contribution in [0.2, 0.25) is 0 Å². The first-order chi connectivity index (χ1) is 12.1. The van der Waals surface area contributed by atoms with Gasteiger partial charge in [0, 0.05) is 18.7 Å². The molecule has 3 N–H and O–H groups in total. The van der Waals surface area contributed by atoms with Crippen molar-refractivity contribution in [2.75, 3.05) is 26.2 Å². The van der Waals surface area contributed by atoms with E-state index < -0.39 is 0 Å². The second-order valence-corrected chi connectivity index (χ2v) is 6.88. The third-order valence-electron chi connectivity index (χ3n) is 4.93. The number of aryl methyl sites for hydroxylation is 2. The zero-order valence-corrected chi connectivity index (χ0v) is 15.2. The van der Waals surface area contributed by atoms with Gasteiger partial charge in [-0.25, -0.2) is 10.2 Å². The van der Waals surface area contributed by atoms with E-state index >= 15 is 0 Å². The predicted molar refractivity (Wildman–Crippen MR) is 98.9 cm³/mol. The van der Waals surface area contributed by atoms with Crippen molar-refractivity contribution >= 4 is 17.3 Å². The van der Waals surface area contributed by atoms with Gasteiger partial charge < -0.3 is 15.3 Å². The molecular weight excluding hydrogens is 318 g/mol. The molecule has 2 atom stereocenters. The summed E-state index contributed by atoms with van der Waals surface area (Å²) >= 11 is 0. The predicted octanol–water partition coefficient (Wildman–Crippen LogP) is 0.200. The lowest BCUT2D eigenvalue weighted by Crippen LogP contribution is -3.24. The van der Waals surface area contributed by atoms with Crippen LogP contribution in [0.3, 0.4) is 0 Å². The Morgan fingerprint density at radius 1 is 1.04 bits per heavy atom. The van der Waals surface area contributed by atoms with Crippen molar-refractivity contribution in [3.05, 3.63) is 33.7 Å². The molecule has 0 radical (unpaired) electrons. The zero-order chi connectivity index (χ0) is 17.8. The van der Waals surface area contributed by atoms with Gasteiger partial charge >= 0.3 is 5.96 Å². The van der Waals surface area contributed by atoms with Gasteiger partial charge in [0.2, 0.25) is 11.4 Å². The summed E-state index contributed by atoms with van der Waals surface area (Å²) < 4.78 is 0. The Hall–Kier alpha value is -1.51. The molecule has 1 aliphatic carbocycles. The van der Waals surface area contributed by atoms with Crippen LogP contribution < -0.4 is 15.7 Å². The molecule has 1 heterocycles. The van der Waals surface area contributed by atoms with Gasteiger partial charge in [-0.15, -0.1) is 0 Å². The van der Waals surface area contributed by atoms with E-state index in [9.17, 15) is 10.4 Å². The van der Waals surface area contributed by atoms with Gasteiger partial charge in [0.05, 0.1) is 6.54 Å². The van der Waals surface area contributed by atoms with E-state index in [4.69, 9.17) is 0 Å². The van der Waals surface area contributed by atoms with Crippen LogP contribution in [0.5, 0.6) is 0 Å². The Morgan fingerprint density at radius 2 is 1.68 bits per heavy atom. The maximum atomic E-state index is 12.7. The number of nitrogens with one attached hydrogen (secondary N) is 3. The van der Waals surface area contributed by atoms with Crippen molar-refractivity contribution in [1.29, 1.82) is 0 Å². The molecule has 2 unspecified atom stereocenters. The number of hydrogen-bond donors (Lipinski definition) is 3. The van der Waals surface area contributed by atoms with Crippen molar-refractivity contribution in [2.45, 2.75) is 46.0 Å². The second kappa shape index (κ2) is 8.25. The van der Waals surface area contributed by atoms with Gasteiger partial charge in [0.1, 0.15) is 0 Å². The average Bonchev–Trinajstić information content (AvgIpc) is 3.06. The first-order valence-electron chi connectivity index (χ1n) is 9.42. The highest BCUT2D eigenvalue weighted by atomic mass is 16.6. The van der Waals surface area contributed by atoms with Crippen LogP contribution in [0.4, 0.5) is 11.4 Å². The summed E-state index contributed by atoms with van der Waals surface area (Å²) in [4.78, 5) is 6.75. The van der Waals surface area contributed by atoms with Crippen molar-refractivity contribution < 1.29 is 10.2 Å². The quantitative estimate of drug-likeness (QED) is 0.616. The standard InChI is InChI=1S/C18H29N5O2/c1-3-9-21(10-4-2)11-8-19-18-20-23(25)17-13-15-7-5-6-14(15)12-16(17)22(18)24/h12-13,22-23H,3-11H2,1-2H3,(H,19,20). The molecular formula is C18H29N5O2. The van der Waals surface area contributed by atoms with E-state index in [1.165, 1.54) is 11.1 Å². The van der Waals surface area contributed by atoms with Crippen molar-refractivity contribution in [3.63, 3.8) is 0 Å². The number of nitrogens with zero attached hydrogens (tertiary/aromatic N) is 2. The fraction of sp³-hybridized carbons (Fsp3) is 0.611. The molecule has 2 aliphatic rings. The molecule has 7 heteroatoms. The Kier molecular flexibility index (Phi) is 6.03. The molecule has 0 amide bonds. The third-order valence-corrected chi connectivity index (χ3v) is 4.93. The minimum atomic E-state index is -0.206. The van der Waals surface area contributed by atoms with Crippen LogP contribution in [0.25, 0.3) is 0 Å². The van der Waals surface area contributed by atoms with Gasteiger partial charge in [0.25, 0.3) is 0 Å². The maximum absolute atomic E-state index is 12.7. The van der Waals surface area contributed by atoms with Crippen molar-refractivity contribution in [2.24, 2.45) is 4.99 Å². The van der Waals surface area contributed by atoms with Crippen LogP contribution in [0.1, 0.15) is 44.2 Å². The average molecular weight is 347 g/mol. The summed E-state index contributed by atoms with van der Waals surface area (Å²) in [5.74, 6) is 0.198. The summed E-state index contributed by atoms with van der Waals surface area (Å²) in [5.41, 5.74) is 6.13. The number of hydroxylamine groups is 1. The Bertz CT molecular complexity index is 628. The number of quaternary nitrogens is 2. The summed E-state index contributed by atoms with van der Waals surface area (Å²) in [6, 6.07) is 3.81. The molecule has 1 aliphatic heterocycles. The third kappa shape index (κ3) is 4.02. The normalized spacial score (nSPS) is 23.6. The Balaban J connectivity index is 1.72. The maximum Gasteiger partial charge on any atom is 0.347 e. The van der Waals surface area contributed by atoms with Crippen LogP contribution in [0.15, 0.2) is 17.1 Å². The number of rotatable bonds is 7. The Morgan fingerprint density at radius 3 is 2.32 bits per heavy atom. The molecule has 0 bridgehead atoms.